The van der Waals surface area contributed by atoms with Crippen LogP contribution in [0, 0.1) is 0 Å². The second-order valence-electron chi connectivity index (χ2n) is 2.75. The fourth-order valence-corrected chi connectivity index (χ4v) is 1.54. The zero-order valence-electron chi connectivity index (χ0n) is 6.74. The Morgan fingerprint density at radius 1 is 1.64 bits per heavy atom. The van der Waals surface area contributed by atoms with Crippen LogP contribution in [0.3, 0.4) is 0 Å². The Morgan fingerprint density at radius 2 is 2.36 bits per heavy atom. The summed E-state index contributed by atoms with van der Waals surface area (Å²) in [5, 5.41) is 13.4. The summed E-state index contributed by atoms with van der Waals surface area (Å²) in [7, 11) is 0. The monoisotopic (exact) mass is 168 g/mol. The van der Waals surface area contributed by atoms with E-state index in [0.717, 1.165) is 11.1 Å². The van der Waals surface area contributed by atoms with Crippen molar-refractivity contribution in [2.75, 3.05) is 0 Å². The van der Waals surface area contributed by atoms with Crippen LogP contribution in [0.5, 0.6) is 0 Å². The van der Waals surface area contributed by atoms with E-state index in [2.05, 4.69) is 0 Å². The number of allylic oxidation sites excluding steroid dienone is 1. The summed E-state index contributed by atoms with van der Waals surface area (Å²) in [4.78, 5) is 0. The summed E-state index contributed by atoms with van der Waals surface area (Å²) in [6, 6.07) is 1.94. The topological polar surface area (TPSA) is 20.2 Å². The lowest BCUT2D eigenvalue weighted by Crippen LogP contribution is -1.90. The van der Waals surface area contributed by atoms with Crippen LogP contribution in [0.15, 0.2) is 28.5 Å². The average Bonchev–Trinajstić information content (AvgIpc) is 2.35. The Morgan fingerprint density at radius 3 is 2.82 bits per heavy atom. The SMILES string of the molecule is CC(C)=CC(O)c1ccsc1. The van der Waals surface area contributed by atoms with Crippen LogP contribution in [0.1, 0.15) is 25.5 Å². The van der Waals surface area contributed by atoms with Crippen LogP contribution >= 0.6 is 11.3 Å². The van der Waals surface area contributed by atoms with E-state index in [-0.39, 0.29) is 0 Å². The van der Waals surface area contributed by atoms with E-state index in [4.69, 9.17) is 0 Å². The third-order valence-electron chi connectivity index (χ3n) is 1.38. The lowest BCUT2D eigenvalue weighted by molar-refractivity contribution is 0.228. The van der Waals surface area contributed by atoms with E-state index in [1.807, 2.05) is 36.7 Å². The maximum absolute atomic E-state index is 9.51. The second kappa shape index (κ2) is 3.69. The summed E-state index contributed by atoms with van der Waals surface area (Å²) >= 11 is 1.61. The van der Waals surface area contributed by atoms with Gasteiger partial charge in [-0.3, -0.25) is 0 Å². The Bertz CT molecular complexity index is 232. The van der Waals surface area contributed by atoms with Crippen LogP contribution < -0.4 is 0 Å². The third kappa shape index (κ3) is 2.48. The minimum Gasteiger partial charge on any atom is -0.384 e. The maximum atomic E-state index is 9.51. The number of thiophene rings is 1. The van der Waals surface area contributed by atoms with Crippen LogP contribution in [-0.4, -0.2) is 5.11 Å². The molecule has 1 aromatic rings. The normalized spacial score (nSPS) is 12.6. The van der Waals surface area contributed by atoms with Gasteiger partial charge in [0, 0.05) is 0 Å². The van der Waals surface area contributed by atoms with Gasteiger partial charge in [-0.05, 0) is 36.2 Å². The fourth-order valence-electron chi connectivity index (χ4n) is 0.855. The van der Waals surface area contributed by atoms with Gasteiger partial charge in [-0.25, -0.2) is 0 Å². The molecule has 1 atom stereocenters. The molecule has 0 bridgehead atoms. The first-order valence-corrected chi connectivity index (χ1v) is 4.49. The van der Waals surface area contributed by atoms with E-state index in [1.54, 1.807) is 11.3 Å². The van der Waals surface area contributed by atoms with E-state index in [0.29, 0.717) is 0 Å². The van der Waals surface area contributed by atoms with Crippen LogP contribution in [0.25, 0.3) is 0 Å². The molecular weight excluding hydrogens is 156 g/mol. The molecule has 1 aromatic heterocycles. The second-order valence-corrected chi connectivity index (χ2v) is 3.53. The summed E-state index contributed by atoms with van der Waals surface area (Å²) in [5.41, 5.74) is 2.12. The molecule has 60 valence electrons. The first-order chi connectivity index (χ1) is 5.20. The number of hydrogen-bond donors (Lipinski definition) is 1. The minimum atomic E-state index is -0.425. The summed E-state index contributed by atoms with van der Waals surface area (Å²) in [6.07, 6.45) is 1.42. The maximum Gasteiger partial charge on any atom is 0.0982 e. The van der Waals surface area contributed by atoms with E-state index < -0.39 is 6.10 Å². The van der Waals surface area contributed by atoms with Gasteiger partial charge >= 0.3 is 0 Å². The molecule has 1 rings (SSSR count). The molecule has 0 fully saturated rings. The minimum absolute atomic E-state index is 0.425. The zero-order valence-corrected chi connectivity index (χ0v) is 7.56. The first-order valence-electron chi connectivity index (χ1n) is 3.55. The number of aliphatic hydroxyl groups is 1. The van der Waals surface area contributed by atoms with Crippen molar-refractivity contribution >= 4 is 11.3 Å². The van der Waals surface area contributed by atoms with Gasteiger partial charge in [-0.1, -0.05) is 11.6 Å². The lowest BCUT2D eigenvalue weighted by Gasteiger charge is -2.02. The van der Waals surface area contributed by atoms with Crippen LogP contribution in [0.4, 0.5) is 0 Å². The van der Waals surface area contributed by atoms with Gasteiger partial charge < -0.3 is 5.11 Å². The highest BCUT2D eigenvalue weighted by Gasteiger charge is 2.02. The number of rotatable bonds is 2. The van der Waals surface area contributed by atoms with Gasteiger partial charge in [0.1, 0.15) is 0 Å². The molecule has 1 nitrogen and oxygen atoms in total. The largest absolute Gasteiger partial charge is 0.384 e. The molecule has 1 N–H and O–H groups in total. The van der Waals surface area contributed by atoms with Crippen LogP contribution in [-0.2, 0) is 0 Å². The molecular formula is C9H12OS. The molecule has 1 unspecified atom stereocenters. The van der Waals surface area contributed by atoms with Gasteiger partial charge in [-0.2, -0.15) is 11.3 Å². The molecule has 0 radical (unpaired) electrons. The van der Waals surface area contributed by atoms with E-state index in [1.165, 1.54) is 0 Å². The molecule has 2 heteroatoms. The fraction of sp³-hybridized carbons (Fsp3) is 0.333. The quantitative estimate of drug-likeness (QED) is 0.673. The summed E-state index contributed by atoms with van der Waals surface area (Å²) < 4.78 is 0. The van der Waals surface area contributed by atoms with Crippen molar-refractivity contribution in [3.05, 3.63) is 34.0 Å². The smallest absolute Gasteiger partial charge is 0.0982 e. The standard InChI is InChI=1S/C9H12OS/c1-7(2)5-9(10)8-3-4-11-6-8/h3-6,9-10H,1-2H3. The zero-order chi connectivity index (χ0) is 8.27. The highest BCUT2D eigenvalue weighted by Crippen LogP contribution is 2.18. The Labute approximate surface area is 71.0 Å². The molecule has 0 aliphatic heterocycles. The van der Waals surface area contributed by atoms with Gasteiger partial charge in [-0.15, -0.1) is 0 Å². The number of aliphatic hydroxyl groups excluding tert-OH is 1. The first kappa shape index (κ1) is 8.50. The van der Waals surface area contributed by atoms with Crippen LogP contribution in [0.2, 0.25) is 0 Å². The number of hydrogen-bond acceptors (Lipinski definition) is 2. The van der Waals surface area contributed by atoms with Crippen molar-refractivity contribution in [1.82, 2.24) is 0 Å². The predicted octanol–water partition coefficient (Wildman–Crippen LogP) is 2.75. The summed E-state index contributed by atoms with van der Waals surface area (Å²) in [5.74, 6) is 0. The molecule has 1 heterocycles. The van der Waals surface area contributed by atoms with E-state index in [9.17, 15) is 5.11 Å². The average molecular weight is 168 g/mol. The molecule has 0 spiro atoms. The van der Waals surface area contributed by atoms with Crippen molar-refractivity contribution < 1.29 is 5.11 Å². The molecule has 0 saturated heterocycles. The molecule has 0 saturated carbocycles. The van der Waals surface area contributed by atoms with E-state index >= 15 is 0 Å². The van der Waals surface area contributed by atoms with Gasteiger partial charge in [0.15, 0.2) is 0 Å². The van der Waals surface area contributed by atoms with Crippen molar-refractivity contribution in [3.8, 4) is 0 Å². The predicted molar refractivity (Wildman–Crippen MR) is 48.7 cm³/mol. The third-order valence-corrected chi connectivity index (χ3v) is 2.08. The molecule has 0 aliphatic carbocycles. The van der Waals surface area contributed by atoms with Gasteiger partial charge in [0.2, 0.25) is 0 Å². The summed E-state index contributed by atoms with van der Waals surface area (Å²) in [6.45, 7) is 3.96. The Balaban J connectivity index is 2.71. The Hall–Kier alpha value is -0.600. The van der Waals surface area contributed by atoms with Crippen molar-refractivity contribution in [3.63, 3.8) is 0 Å². The molecule has 0 aromatic carbocycles. The lowest BCUT2D eigenvalue weighted by atomic mass is 10.1. The highest BCUT2D eigenvalue weighted by atomic mass is 32.1. The Kier molecular flexibility index (Phi) is 2.85. The molecule has 11 heavy (non-hydrogen) atoms. The van der Waals surface area contributed by atoms with Gasteiger partial charge in [0.05, 0.1) is 6.10 Å². The molecule has 0 amide bonds. The van der Waals surface area contributed by atoms with Crippen molar-refractivity contribution in [2.45, 2.75) is 20.0 Å². The van der Waals surface area contributed by atoms with Gasteiger partial charge in [0.25, 0.3) is 0 Å². The van der Waals surface area contributed by atoms with Crippen molar-refractivity contribution in [1.29, 1.82) is 0 Å². The van der Waals surface area contributed by atoms with Crippen molar-refractivity contribution in [2.24, 2.45) is 0 Å². The molecule has 0 aliphatic rings. The highest BCUT2D eigenvalue weighted by molar-refractivity contribution is 7.07.